The number of halogens is 3. The van der Waals surface area contributed by atoms with E-state index in [9.17, 15) is 9.59 Å². The highest BCUT2D eigenvalue weighted by Gasteiger charge is 2.22. The molecule has 0 spiro atoms. The lowest BCUT2D eigenvalue weighted by Gasteiger charge is -2.22. The van der Waals surface area contributed by atoms with E-state index in [2.05, 4.69) is 63.4 Å². The predicted molar refractivity (Wildman–Crippen MR) is 305 cm³/mol. The van der Waals surface area contributed by atoms with Crippen LogP contribution in [0.1, 0.15) is 66.9 Å². The molecule has 10 rings (SSSR count). The largest absolute Gasteiger partial charge is 0.368 e. The topological polar surface area (TPSA) is 197 Å². The monoisotopic (exact) mass is 1100 g/mol. The average Bonchev–Trinajstić information content (AvgIpc) is 3.96. The van der Waals surface area contributed by atoms with E-state index in [0.717, 1.165) is 54.0 Å². The van der Waals surface area contributed by atoms with Gasteiger partial charge in [-0.3, -0.25) is 18.7 Å². The van der Waals surface area contributed by atoms with Crippen LogP contribution in [0, 0.1) is 20.8 Å². The Kier molecular flexibility index (Phi) is 18.1. The zero-order chi connectivity index (χ0) is 49.6. The van der Waals surface area contributed by atoms with Gasteiger partial charge in [0.25, 0.3) is 11.1 Å². The third kappa shape index (κ3) is 12.2. The van der Waals surface area contributed by atoms with Crippen LogP contribution in [-0.2, 0) is 0 Å². The van der Waals surface area contributed by atoms with Crippen LogP contribution in [0.3, 0.4) is 0 Å². The molecule has 6 N–H and O–H groups in total. The second-order valence-corrected chi connectivity index (χ2v) is 20.3. The lowest BCUT2D eigenvalue weighted by molar-refractivity contribution is 0.772. The second-order valence-electron chi connectivity index (χ2n) is 15.9. The van der Waals surface area contributed by atoms with E-state index >= 15 is 0 Å². The summed E-state index contributed by atoms with van der Waals surface area (Å²) in [6.07, 6.45) is 6.95. The molecule has 2 atom stereocenters. The number of fused-ring (bicyclic) bond motifs is 2. The second kappa shape index (κ2) is 23.9. The molecule has 0 bridgehead atoms. The summed E-state index contributed by atoms with van der Waals surface area (Å²) >= 11 is 19.5. The van der Waals surface area contributed by atoms with Gasteiger partial charge < -0.3 is 22.1 Å². The first-order valence-electron chi connectivity index (χ1n) is 21.7. The van der Waals surface area contributed by atoms with Crippen LogP contribution in [0.25, 0.3) is 43.5 Å². The Morgan fingerprint density at radius 2 is 1.04 bits per heavy atom. The maximum Gasteiger partial charge on any atom is 0.264 e. The summed E-state index contributed by atoms with van der Waals surface area (Å²) in [7, 11) is 0. The van der Waals surface area contributed by atoms with Crippen LogP contribution in [-0.4, -0.2) is 39.0 Å². The molecule has 0 saturated heterocycles. The van der Waals surface area contributed by atoms with Crippen LogP contribution in [0.4, 0.5) is 23.5 Å². The molecule has 0 aliphatic rings. The molecule has 0 aliphatic carbocycles. The molecule has 6 heterocycles. The first kappa shape index (κ1) is 54.3. The Morgan fingerprint density at radius 1 is 0.583 bits per heavy atom. The van der Waals surface area contributed by atoms with E-state index in [-0.39, 0.29) is 50.0 Å². The number of hydrogen-bond acceptors (Lipinski definition) is 14. The number of aromatic nitrogens is 8. The van der Waals surface area contributed by atoms with E-state index < -0.39 is 0 Å². The van der Waals surface area contributed by atoms with Crippen molar-refractivity contribution in [3.8, 4) is 21.9 Å². The van der Waals surface area contributed by atoms with Crippen molar-refractivity contribution < 1.29 is 0 Å². The lowest BCUT2D eigenvalue weighted by atomic mass is 10.1. The fourth-order valence-corrected chi connectivity index (χ4v) is 9.93. The number of rotatable bonds is 9. The number of thiazole rings is 2. The number of nitrogens with zero attached hydrogens (tertiary/aromatic N) is 8. The zero-order valence-corrected chi connectivity index (χ0v) is 43.1. The number of nitrogens with two attached hydrogens (primary N) is 2. The third-order valence-electron chi connectivity index (χ3n) is 10.8. The number of nitrogen functional groups attached to an aromatic ring is 2. The molecule has 19 heteroatoms. The molecule has 14 nitrogen and oxygen atoms in total. The fourth-order valence-electron chi connectivity index (χ4n) is 7.65. The highest BCUT2D eigenvalue weighted by Crippen LogP contribution is 2.34. The molecule has 0 unspecified atom stereocenters. The minimum absolute atomic E-state index is 0. The number of anilines is 4. The zero-order valence-electron chi connectivity index (χ0n) is 38.4. The van der Waals surface area contributed by atoms with E-state index in [1.807, 2.05) is 137 Å². The van der Waals surface area contributed by atoms with Gasteiger partial charge in [0.2, 0.25) is 11.9 Å². The molecule has 72 heavy (non-hydrogen) atoms. The van der Waals surface area contributed by atoms with Gasteiger partial charge in [-0.15, -0.1) is 22.7 Å². The van der Waals surface area contributed by atoms with Gasteiger partial charge in [-0.25, -0.2) is 19.9 Å². The third-order valence-corrected chi connectivity index (χ3v) is 13.8. The quantitative estimate of drug-likeness (QED) is 0.107. The Balaban J connectivity index is 0.000000204. The van der Waals surface area contributed by atoms with Crippen molar-refractivity contribution in [3.63, 3.8) is 0 Å². The average molecular weight is 1110 g/mol. The van der Waals surface area contributed by atoms with Crippen molar-refractivity contribution in [1.29, 1.82) is 0 Å². The van der Waals surface area contributed by atoms with Gasteiger partial charge in [-0.05, 0) is 110 Å². The molecule has 370 valence electrons. The minimum Gasteiger partial charge on any atom is -0.368 e. The van der Waals surface area contributed by atoms with Gasteiger partial charge in [0.1, 0.15) is 16.6 Å². The SMILES string of the molecule is C.C.C[C@H](Nc1nc(N)ncc1Br)c1cc2cccc(Cl)c2c(=O)n1-c1ccccc1.Cc1cnc(-c2cnc(N)nc2N[C@@H](C)c2cc3cccc(Cl)c3c(=O)n2-c2ccccc2)s1.Cc1cnc(C)s1. The van der Waals surface area contributed by atoms with Crippen molar-refractivity contribution in [1.82, 2.24) is 39.0 Å². The van der Waals surface area contributed by atoms with E-state index in [0.29, 0.717) is 36.9 Å². The standard InChI is InChI=1S/C25H21ClN6OS.C21H17BrClN5O.C5H7NS.2CH4/c1-14-12-28-23(34-14)18-13-29-25(27)31-22(18)30-15(2)20-11-16-7-6-10-19(26)21(16)24(33)32(20)17-8-4-3-5-9-17;1-12(26-19-15(22)11-25-21(24)27-19)17-10-13-6-5-9-16(23)18(13)20(29)28(17)14-7-3-2-4-8-14;1-4-3-6-5(2)7-4;;/h3-13,15H,1-2H3,(H3,27,29,30,31);2-12H,1H3,(H3,24,25,26,27);3H,1-2H3;2*1H4/t15-;12-;;;/m00.../s1. The van der Waals surface area contributed by atoms with Gasteiger partial charge in [-0.2, -0.15) is 9.97 Å². The molecule has 0 fully saturated rings. The van der Waals surface area contributed by atoms with Crippen molar-refractivity contribution in [2.24, 2.45) is 0 Å². The molecular weight excluding hydrogens is 1050 g/mol. The van der Waals surface area contributed by atoms with Crippen LogP contribution < -0.4 is 33.2 Å². The Morgan fingerprint density at radius 3 is 1.49 bits per heavy atom. The first-order valence-corrected chi connectivity index (χ1v) is 24.9. The molecule has 10 aromatic rings. The fraction of sp³-hybridized carbons (Fsp3) is 0.170. The lowest BCUT2D eigenvalue weighted by Crippen LogP contribution is -2.26. The summed E-state index contributed by atoms with van der Waals surface area (Å²) in [6, 6.07) is 33.2. The number of para-hydroxylation sites is 2. The molecule has 6 aromatic heterocycles. The smallest absolute Gasteiger partial charge is 0.264 e. The Bertz CT molecular complexity index is 3590. The molecular formula is C53H53BrCl2N12O2S2. The van der Waals surface area contributed by atoms with Gasteiger partial charge in [0, 0.05) is 57.3 Å². The van der Waals surface area contributed by atoms with Crippen LogP contribution in [0.5, 0.6) is 0 Å². The number of pyridine rings is 2. The molecule has 4 aromatic carbocycles. The predicted octanol–water partition coefficient (Wildman–Crippen LogP) is 13.6. The summed E-state index contributed by atoms with van der Waals surface area (Å²) in [5.41, 5.74) is 15.0. The van der Waals surface area contributed by atoms with E-state index in [1.165, 1.54) is 4.88 Å². The maximum absolute atomic E-state index is 13.7. The van der Waals surface area contributed by atoms with Gasteiger partial charge in [0.15, 0.2) is 0 Å². The molecule has 0 saturated carbocycles. The number of hydrogen-bond donors (Lipinski definition) is 4. The van der Waals surface area contributed by atoms with Crippen molar-refractivity contribution in [2.45, 2.75) is 61.6 Å². The Hall–Kier alpha value is -7.02. The number of nitrogens with one attached hydrogen (secondary N) is 2. The van der Waals surface area contributed by atoms with Gasteiger partial charge in [0.05, 0.1) is 47.9 Å². The van der Waals surface area contributed by atoms with Crippen LogP contribution >= 0.6 is 61.8 Å². The van der Waals surface area contributed by atoms with Crippen LogP contribution in [0.2, 0.25) is 10.0 Å². The minimum atomic E-state index is -0.314. The molecule has 0 amide bonds. The number of aryl methyl sites for hydroxylation is 3. The Labute approximate surface area is 444 Å². The van der Waals surface area contributed by atoms with Crippen LogP contribution in [0.15, 0.2) is 148 Å². The van der Waals surface area contributed by atoms with Crippen molar-refractivity contribution in [2.75, 3.05) is 22.1 Å². The summed E-state index contributed by atoms with van der Waals surface area (Å²) in [5, 5.41) is 12.1. The summed E-state index contributed by atoms with van der Waals surface area (Å²) in [4.78, 5) is 54.8. The normalized spacial score (nSPS) is 11.5. The van der Waals surface area contributed by atoms with Gasteiger partial charge in [-0.1, -0.05) is 98.7 Å². The van der Waals surface area contributed by atoms with E-state index in [4.69, 9.17) is 34.7 Å². The maximum atomic E-state index is 13.7. The van der Waals surface area contributed by atoms with E-state index in [1.54, 1.807) is 56.3 Å². The highest BCUT2D eigenvalue weighted by atomic mass is 79.9. The number of benzene rings is 4. The molecule has 0 radical (unpaired) electrons. The summed E-state index contributed by atoms with van der Waals surface area (Å²) < 4.78 is 4.03. The van der Waals surface area contributed by atoms with Crippen molar-refractivity contribution in [3.05, 3.63) is 195 Å². The van der Waals surface area contributed by atoms with Crippen molar-refractivity contribution >= 4 is 107 Å². The summed E-state index contributed by atoms with van der Waals surface area (Å²) in [5.74, 6) is 1.40. The first-order chi connectivity index (χ1) is 33.7. The highest BCUT2D eigenvalue weighted by molar-refractivity contribution is 9.10. The van der Waals surface area contributed by atoms with Gasteiger partial charge >= 0.3 is 0 Å². The summed E-state index contributed by atoms with van der Waals surface area (Å²) in [6.45, 7) is 9.99. The molecule has 0 aliphatic heterocycles.